The second-order valence-electron chi connectivity index (χ2n) is 2.17. The van der Waals surface area contributed by atoms with Gasteiger partial charge in [-0.25, -0.2) is 0 Å². The molecule has 0 atom stereocenters. The highest BCUT2D eigenvalue weighted by molar-refractivity contribution is 6.59. The maximum absolute atomic E-state index is 11.8. The summed E-state index contributed by atoms with van der Waals surface area (Å²) in [4.78, 5) is 3.53. The first-order chi connectivity index (χ1) is 6.11. The fourth-order valence-corrected chi connectivity index (χ4v) is 0.791. The van der Waals surface area contributed by atoms with Crippen LogP contribution in [0.3, 0.4) is 0 Å². The van der Waals surface area contributed by atoms with E-state index in [1.807, 2.05) is 0 Å². The Bertz CT molecular complexity index is 284. The van der Waals surface area contributed by atoms with Crippen LogP contribution in [0.2, 0.25) is 0 Å². The highest BCUT2D eigenvalue weighted by Crippen LogP contribution is 2.09. The van der Waals surface area contributed by atoms with E-state index in [1.54, 1.807) is 0 Å². The van der Waals surface area contributed by atoms with Crippen molar-refractivity contribution in [3.63, 3.8) is 0 Å². The second kappa shape index (κ2) is 4.15. The molecule has 0 aromatic carbocycles. The van der Waals surface area contributed by atoms with Crippen molar-refractivity contribution in [2.24, 2.45) is 0 Å². The van der Waals surface area contributed by atoms with E-state index < -0.39 is 13.7 Å². The third kappa shape index (κ3) is 2.64. The molecule has 1 aromatic rings. The summed E-state index contributed by atoms with van der Waals surface area (Å²) < 4.78 is 27.5. The van der Waals surface area contributed by atoms with Crippen molar-refractivity contribution < 1.29 is 23.6 Å². The van der Waals surface area contributed by atoms with Gasteiger partial charge in [0.1, 0.15) is 5.75 Å². The molecule has 0 aliphatic rings. The number of aromatic nitrogens is 1. The molecule has 0 fully saturated rings. The first-order valence-electron chi connectivity index (χ1n) is 3.36. The quantitative estimate of drug-likeness (QED) is 0.621. The molecule has 7 heteroatoms. The molecule has 4 nitrogen and oxygen atoms in total. The smallest absolute Gasteiger partial charge is 0.435 e. The van der Waals surface area contributed by atoms with E-state index in [-0.39, 0.29) is 11.2 Å². The monoisotopic (exact) mass is 189 g/mol. The van der Waals surface area contributed by atoms with Crippen LogP contribution in [0.5, 0.6) is 5.75 Å². The standard InChI is InChI=1S/C6H6BF2NO3/c8-6(9)13-5-1-2-10-3-4(5)7(11)12/h1-3,6,11-12H. The van der Waals surface area contributed by atoms with Gasteiger partial charge in [-0.3, -0.25) is 4.98 Å². The van der Waals surface area contributed by atoms with Gasteiger partial charge in [-0.05, 0) is 6.07 Å². The van der Waals surface area contributed by atoms with Crippen molar-refractivity contribution in [3.05, 3.63) is 18.5 Å². The van der Waals surface area contributed by atoms with Crippen molar-refractivity contribution in [1.29, 1.82) is 0 Å². The van der Waals surface area contributed by atoms with Gasteiger partial charge in [0.25, 0.3) is 0 Å². The Labute approximate surface area is 72.9 Å². The molecule has 0 aliphatic carbocycles. The van der Waals surface area contributed by atoms with Gasteiger partial charge in [0.15, 0.2) is 0 Å². The van der Waals surface area contributed by atoms with Crippen LogP contribution in [0, 0.1) is 0 Å². The van der Waals surface area contributed by atoms with Gasteiger partial charge in [-0.2, -0.15) is 8.78 Å². The molecule has 13 heavy (non-hydrogen) atoms. The lowest BCUT2D eigenvalue weighted by atomic mass is 9.81. The average Bonchev–Trinajstić information content (AvgIpc) is 2.03. The van der Waals surface area contributed by atoms with Crippen LogP contribution in [0.4, 0.5) is 8.78 Å². The second-order valence-corrected chi connectivity index (χ2v) is 2.17. The normalized spacial score (nSPS) is 10.2. The molecule has 0 amide bonds. The van der Waals surface area contributed by atoms with E-state index in [1.165, 1.54) is 6.20 Å². The van der Waals surface area contributed by atoms with Gasteiger partial charge in [-0.15, -0.1) is 0 Å². The Hall–Kier alpha value is -1.21. The lowest BCUT2D eigenvalue weighted by Crippen LogP contribution is -2.32. The highest BCUT2D eigenvalue weighted by Gasteiger charge is 2.19. The molecule has 0 radical (unpaired) electrons. The van der Waals surface area contributed by atoms with Gasteiger partial charge < -0.3 is 14.8 Å². The summed E-state index contributed by atoms with van der Waals surface area (Å²) in [6, 6.07) is 1.13. The van der Waals surface area contributed by atoms with Crippen LogP contribution in [-0.2, 0) is 0 Å². The number of hydrogen-bond donors (Lipinski definition) is 2. The van der Waals surface area contributed by atoms with E-state index in [0.29, 0.717) is 0 Å². The van der Waals surface area contributed by atoms with E-state index in [4.69, 9.17) is 10.0 Å². The lowest BCUT2D eigenvalue weighted by molar-refractivity contribution is -0.0492. The summed E-state index contributed by atoms with van der Waals surface area (Å²) >= 11 is 0. The Morgan fingerprint density at radius 3 is 2.69 bits per heavy atom. The van der Waals surface area contributed by atoms with Gasteiger partial charge in [-0.1, -0.05) is 0 Å². The zero-order valence-corrected chi connectivity index (χ0v) is 6.39. The van der Waals surface area contributed by atoms with E-state index in [9.17, 15) is 8.78 Å². The number of alkyl halides is 2. The largest absolute Gasteiger partial charge is 0.493 e. The van der Waals surface area contributed by atoms with Crippen LogP contribution in [0.1, 0.15) is 0 Å². The molecule has 0 spiro atoms. The summed E-state index contributed by atoms with van der Waals surface area (Å²) in [5.41, 5.74) is -0.192. The molecule has 0 bridgehead atoms. The molecule has 1 heterocycles. The number of hydrogen-bond acceptors (Lipinski definition) is 4. The maximum Gasteiger partial charge on any atom is 0.493 e. The van der Waals surface area contributed by atoms with E-state index in [0.717, 1.165) is 12.3 Å². The topological polar surface area (TPSA) is 62.6 Å². The molecule has 2 N–H and O–H groups in total. The number of rotatable bonds is 3. The molecule has 1 aromatic heterocycles. The maximum atomic E-state index is 11.8. The highest BCUT2D eigenvalue weighted by atomic mass is 19.3. The molecular formula is C6H6BF2NO3. The third-order valence-electron chi connectivity index (χ3n) is 1.30. The van der Waals surface area contributed by atoms with Crippen molar-refractivity contribution in [1.82, 2.24) is 4.98 Å². The Balaban J connectivity index is 2.91. The SMILES string of the molecule is OB(O)c1cnccc1OC(F)F. The predicted octanol–water partition coefficient (Wildman–Crippen LogP) is -0.637. The van der Waals surface area contributed by atoms with Crippen molar-refractivity contribution in [3.8, 4) is 5.75 Å². The van der Waals surface area contributed by atoms with Crippen molar-refractivity contribution in [2.75, 3.05) is 0 Å². The summed E-state index contributed by atoms with van der Waals surface area (Å²) in [5.74, 6) is -0.292. The molecule has 0 saturated heterocycles. The summed E-state index contributed by atoms with van der Waals surface area (Å²) in [5, 5.41) is 17.4. The van der Waals surface area contributed by atoms with Gasteiger partial charge >= 0.3 is 13.7 Å². The fraction of sp³-hybridized carbons (Fsp3) is 0.167. The average molecular weight is 189 g/mol. The predicted molar refractivity (Wildman–Crippen MR) is 40.7 cm³/mol. The zero-order valence-electron chi connectivity index (χ0n) is 6.39. The lowest BCUT2D eigenvalue weighted by Gasteiger charge is -2.08. The molecule has 70 valence electrons. The first-order valence-corrected chi connectivity index (χ1v) is 3.36. The van der Waals surface area contributed by atoms with Crippen LogP contribution in [0.15, 0.2) is 18.5 Å². The molecule has 0 unspecified atom stereocenters. The molecule has 1 rings (SSSR count). The Morgan fingerprint density at radius 2 is 2.15 bits per heavy atom. The number of ether oxygens (including phenoxy) is 1. The summed E-state index contributed by atoms with van der Waals surface area (Å²) in [6.07, 6.45) is 2.26. The minimum atomic E-state index is -3.00. The summed E-state index contributed by atoms with van der Waals surface area (Å²) in [7, 11) is -1.87. The van der Waals surface area contributed by atoms with Crippen molar-refractivity contribution in [2.45, 2.75) is 6.61 Å². The molecule has 0 saturated carbocycles. The molecule has 0 aliphatic heterocycles. The van der Waals surface area contributed by atoms with Crippen LogP contribution >= 0.6 is 0 Å². The Morgan fingerprint density at radius 1 is 1.46 bits per heavy atom. The van der Waals surface area contributed by atoms with Gasteiger partial charge in [0.2, 0.25) is 0 Å². The number of pyridine rings is 1. The minimum absolute atomic E-state index is 0.192. The van der Waals surface area contributed by atoms with Crippen LogP contribution in [-0.4, -0.2) is 28.8 Å². The fourth-order valence-electron chi connectivity index (χ4n) is 0.791. The van der Waals surface area contributed by atoms with Crippen molar-refractivity contribution >= 4 is 12.6 Å². The van der Waals surface area contributed by atoms with Crippen LogP contribution < -0.4 is 10.2 Å². The first kappa shape index (κ1) is 9.88. The van der Waals surface area contributed by atoms with Gasteiger partial charge in [0.05, 0.1) is 0 Å². The minimum Gasteiger partial charge on any atom is -0.435 e. The van der Waals surface area contributed by atoms with E-state index >= 15 is 0 Å². The Kier molecular flexibility index (Phi) is 3.15. The molecular weight excluding hydrogens is 183 g/mol. The van der Waals surface area contributed by atoms with Crippen LogP contribution in [0.25, 0.3) is 0 Å². The summed E-state index contributed by atoms with van der Waals surface area (Å²) in [6.45, 7) is -3.00. The number of nitrogens with zero attached hydrogens (tertiary/aromatic N) is 1. The number of halogens is 2. The third-order valence-corrected chi connectivity index (χ3v) is 1.30. The van der Waals surface area contributed by atoms with Gasteiger partial charge in [0, 0.05) is 17.9 Å². The zero-order chi connectivity index (χ0) is 9.84. The van der Waals surface area contributed by atoms with E-state index in [2.05, 4.69) is 9.72 Å².